The van der Waals surface area contributed by atoms with Gasteiger partial charge < -0.3 is 9.84 Å². The maximum absolute atomic E-state index is 10.8. The number of nitro groups is 1. The van der Waals surface area contributed by atoms with Crippen LogP contribution in [0.4, 0.5) is 10.5 Å². The van der Waals surface area contributed by atoms with E-state index in [1.807, 2.05) is 18.2 Å². The lowest BCUT2D eigenvalue weighted by atomic mass is 10.1. The largest absolute Gasteiger partial charge is 0.506 e. The van der Waals surface area contributed by atoms with Crippen LogP contribution in [0.25, 0.3) is 0 Å². The second kappa shape index (κ2) is 9.28. The smallest absolute Gasteiger partial charge is 0.450 e. The number of carbonyl (C=O) groups is 1. The zero-order valence-corrected chi connectivity index (χ0v) is 14.9. The SMILES string of the molecule is C[C@H](OC(=O)O)[C@@H](Cc1ccc([N+](=O)[O-])cc1)SSc1ccccn1. The summed E-state index contributed by atoms with van der Waals surface area (Å²) in [4.78, 5) is 25.3. The molecule has 0 amide bonds. The molecule has 2 aromatic rings. The quantitative estimate of drug-likeness (QED) is 0.311. The number of nitrogens with zero attached hydrogens (tertiary/aromatic N) is 2. The Morgan fingerprint density at radius 2 is 2.04 bits per heavy atom. The van der Waals surface area contributed by atoms with E-state index in [9.17, 15) is 14.9 Å². The molecule has 1 aromatic carbocycles. The highest BCUT2D eigenvalue weighted by Gasteiger charge is 2.23. The molecule has 0 bridgehead atoms. The zero-order valence-electron chi connectivity index (χ0n) is 13.3. The zero-order chi connectivity index (χ0) is 18.2. The molecule has 1 N–H and O–H groups in total. The van der Waals surface area contributed by atoms with Crippen LogP contribution in [-0.2, 0) is 11.2 Å². The molecule has 0 saturated heterocycles. The Morgan fingerprint density at radius 1 is 1.32 bits per heavy atom. The molecule has 132 valence electrons. The second-order valence-electron chi connectivity index (χ2n) is 5.10. The molecule has 2 atom stereocenters. The molecule has 2 rings (SSSR count). The van der Waals surface area contributed by atoms with E-state index in [0.29, 0.717) is 6.42 Å². The van der Waals surface area contributed by atoms with Crippen LogP contribution in [0.2, 0.25) is 0 Å². The lowest BCUT2D eigenvalue weighted by Gasteiger charge is -2.21. The number of pyridine rings is 1. The first kappa shape index (κ1) is 19.1. The molecule has 0 fully saturated rings. The molecule has 9 heteroatoms. The van der Waals surface area contributed by atoms with Gasteiger partial charge in [0.05, 0.1) is 10.2 Å². The third kappa shape index (κ3) is 6.28. The van der Waals surface area contributed by atoms with Gasteiger partial charge in [0.2, 0.25) is 0 Å². The van der Waals surface area contributed by atoms with Crippen molar-refractivity contribution in [3.05, 3.63) is 64.3 Å². The molecule has 7 nitrogen and oxygen atoms in total. The number of benzene rings is 1. The van der Waals surface area contributed by atoms with Crippen LogP contribution in [0.5, 0.6) is 0 Å². The Bertz CT molecular complexity index is 712. The van der Waals surface area contributed by atoms with Gasteiger partial charge in [0, 0.05) is 18.3 Å². The summed E-state index contributed by atoms with van der Waals surface area (Å²) < 4.78 is 4.89. The van der Waals surface area contributed by atoms with E-state index < -0.39 is 17.2 Å². The number of rotatable bonds is 8. The Kier molecular flexibility index (Phi) is 7.08. The van der Waals surface area contributed by atoms with E-state index in [4.69, 9.17) is 9.84 Å². The average molecular weight is 380 g/mol. The van der Waals surface area contributed by atoms with E-state index >= 15 is 0 Å². The van der Waals surface area contributed by atoms with Gasteiger partial charge in [-0.25, -0.2) is 9.78 Å². The molecular formula is C16H16N2O5S2. The fourth-order valence-electron chi connectivity index (χ4n) is 2.01. The molecule has 0 unspecified atom stereocenters. The number of nitro benzene ring substituents is 1. The summed E-state index contributed by atoms with van der Waals surface area (Å²) in [7, 11) is 2.90. The highest BCUT2D eigenvalue weighted by atomic mass is 33.1. The van der Waals surface area contributed by atoms with Crippen molar-refractivity contribution in [2.24, 2.45) is 0 Å². The van der Waals surface area contributed by atoms with Crippen molar-refractivity contribution in [1.29, 1.82) is 0 Å². The van der Waals surface area contributed by atoms with Gasteiger partial charge in [0.1, 0.15) is 11.1 Å². The van der Waals surface area contributed by atoms with Crippen molar-refractivity contribution in [2.45, 2.75) is 29.7 Å². The van der Waals surface area contributed by atoms with Crippen molar-refractivity contribution in [3.63, 3.8) is 0 Å². The van der Waals surface area contributed by atoms with Gasteiger partial charge in [0.25, 0.3) is 5.69 Å². The monoisotopic (exact) mass is 380 g/mol. The Hall–Kier alpha value is -2.26. The summed E-state index contributed by atoms with van der Waals surface area (Å²) in [5.41, 5.74) is 0.885. The molecule has 0 saturated carbocycles. The molecule has 0 aliphatic heterocycles. The maximum Gasteiger partial charge on any atom is 0.506 e. The second-order valence-corrected chi connectivity index (χ2v) is 7.56. The van der Waals surface area contributed by atoms with Crippen LogP contribution < -0.4 is 0 Å². The summed E-state index contributed by atoms with van der Waals surface area (Å²) in [6.45, 7) is 1.69. The number of aromatic nitrogens is 1. The number of hydrogen-bond acceptors (Lipinski definition) is 7. The van der Waals surface area contributed by atoms with Gasteiger partial charge in [0.15, 0.2) is 0 Å². The van der Waals surface area contributed by atoms with Crippen LogP contribution in [0.1, 0.15) is 12.5 Å². The van der Waals surface area contributed by atoms with Gasteiger partial charge in [-0.3, -0.25) is 10.1 Å². The molecule has 1 heterocycles. The van der Waals surface area contributed by atoms with Gasteiger partial charge in [-0.05, 0) is 41.8 Å². The summed E-state index contributed by atoms with van der Waals surface area (Å²) in [5.74, 6) is 0. The van der Waals surface area contributed by atoms with E-state index in [-0.39, 0.29) is 10.9 Å². The standard InChI is InChI=1S/C16H16N2O5S2/c1-11(23-16(19)20)14(24-25-15-4-2-3-9-17-15)10-12-5-7-13(8-6-12)18(21)22/h2-9,11,14H,10H2,1H3,(H,19,20)/t11-,14+/m0/s1. The third-order valence-corrected chi connectivity index (χ3v) is 6.14. The van der Waals surface area contributed by atoms with Crippen molar-refractivity contribution in [1.82, 2.24) is 4.98 Å². The van der Waals surface area contributed by atoms with Gasteiger partial charge >= 0.3 is 6.16 Å². The fourth-order valence-corrected chi connectivity index (χ4v) is 4.58. The summed E-state index contributed by atoms with van der Waals surface area (Å²) >= 11 is 0. The maximum atomic E-state index is 10.8. The summed E-state index contributed by atoms with van der Waals surface area (Å²) in [6, 6.07) is 11.8. The predicted octanol–water partition coefficient (Wildman–Crippen LogP) is 4.42. The van der Waals surface area contributed by atoms with Crippen LogP contribution in [0, 0.1) is 10.1 Å². The minimum Gasteiger partial charge on any atom is -0.450 e. The van der Waals surface area contributed by atoms with E-state index in [1.54, 1.807) is 25.3 Å². The first-order valence-electron chi connectivity index (χ1n) is 7.33. The Labute approximate surface area is 152 Å². The highest BCUT2D eigenvalue weighted by molar-refractivity contribution is 8.76. The number of carboxylic acid groups (broad SMARTS) is 1. The minimum absolute atomic E-state index is 0.0191. The Balaban J connectivity index is 2.07. The van der Waals surface area contributed by atoms with E-state index in [2.05, 4.69) is 4.98 Å². The van der Waals surface area contributed by atoms with Crippen LogP contribution in [0.3, 0.4) is 0 Å². The first-order chi connectivity index (χ1) is 12.0. The molecule has 0 aliphatic rings. The number of hydrogen-bond donors (Lipinski definition) is 1. The third-order valence-electron chi connectivity index (χ3n) is 3.29. The number of non-ortho nitro benzene ring substituents is 1. The van der Waals surface area contributed by atoms with Crippen molar-refractivity contribution < 1.29 is 19.6 Å². The van der Waals surface area contributed by atoms with Crippen molar-refractivity contribution >= 4 is 33.4 Å². The van der Waals surface area contributed by atoms with Gasteiger partial charge in [-0.1, -0.05) is 29.0 Å². The van der Waals surface area contributed by atoms with E-state index in [1.165, 1.54) is 33.7 Å². The van der Waals surface area contributed by atoms with Crippen LogP contribution >= 0.6 is 21.6 Å². The molecule has 0 spiro atoms. The molecule has 0 aliphatic carbocycles. The first-order valence-corrected chi connectivity index (χ1v) is 9.54. The fraction of sp³-hybridized carbons (Fsp3) is 0.250. The van der Waals surface area contributed by atoms with Gasteiger partial charge in [-0.15, -0.1) is 0 Å². The lowest BCUT2D eigenvalue weighted by molar-refractivity contribution is -0.384. The average Bonchev–Trinajstić information content (AvgIpc) is 2.59. The topological polar surface area (TPSA) is 103 Å². The van der Waals surface area contributed by atoms with Crippen LogP contribution in [-0.4, -0.2) is 32.5 Å². The number of ether oxygens (including phenoxy) is 1. The lowest BCUT2D eigenvalue weighted by Crippen LogP contribution is -2.27. The summed E-state index contributed by atoms with van der Waals surface area (Å²) in [6.07, 6.45) is 0.320. The van der Waals surface area contributed by atoms with Crippen LogP contribution in [0.15, 0.2) is 53.7 Å². The molecule has 25 heavy (non-hydrogen) atoms. The normalized spacial score (nSPS) is 13.0. The molecule has 1 aromatic heterocycles. The summed E-state index contributed by atoms with van der Waals surface area (Å²) in [5, 5.41) is 20.2. The van der Waals surface area contributed by atoms with E-state index in [0.717, 1.165) is 10.6 Å². The van der Waals surface area contributed by atoms with Gasteiger partial charge in [-0.2, -0.15) is 0 Å². The van der Waals surface area contributed by atoms with Crippen molar-refractivity contribution in [2.75, 3.05) is 0 Å². The van der Waals surface area contributed by atoms with Crippen molar-refractivity contribution in [3.8, 4) is 0 Å². The molecular weight excluding hydrogens is 364 g/mol. The Morgan fingerprint density at radius 3 is 2.60 bits per heavy atom. The minimum atomic E-state index is -1.33. The predicted molar refractivity (Wildman–Crippen MR) is 96.8 cm³/mol. The highest BCUT2D eigenvalue weighted by Crippen LogP contribution is 2.36. The molecule has 0 radical (unpaired) electrons.